The number of benzene rings is 1. The zero-order valence-electron chi connectivity index (χ0n) is 13.4. The zero-order valence-corrected chi connectivity index (χ0v) is 13.4. The Bertz CT molecular complexity index is 384. The van der Waals surface area contributed by atoms with Gasteiger partial charge in [0.2, 0.25) is 0 Å². The summed E-state index contributed by atoms with van der Waals surface area (Å²) in [5.41, 5.74) is 2.36. The van der Waals surface area contributed by atoms with E-state index in [9.17, 15) is 5.11 Å². The predicted molar refractivity (Wildman–Crippen MR) is 84.3 cm³/mol. The molecule has 0 radical (unpaired) electrons. The van der Waals surface area contributed by atoms with Gasteiger partial charge in [-0.1, -0.05) is 19.9 Å². The topological polar surface area (TPSA) is 41.5 Å². The molecule has 0 aliphatic rings. The van der Waals surface area contributed by atoms with Gasteiger partial charge < -0.3 is 15.2 Å². The molecule has 1 aromatic carbocycles. The molecule has 0 aliphatic heterocycles. The molecule has 1 rings (SSSR count). The average molecular weight is 279 g/mol. The fourth-order valence-corrected chi connectivity index (χ4v) is 2.40. The quantitative estimate of drug-likeness (QED) is 0.768. The number of aryl methyl sites for hydroxylation is 2. The minimum absolute atomic E-state index is 0.324. The molecule has 0 fully saturated rings. The van der Waals surface area contributed by atoms with E-state index in [4.69, 9.17) is 4.74 Å². The van der Waals surface area contributed by atoms with E-state index in [1.54, 1.807) is 0 Å². The van der Waals surface area contributed by atoms with Crippen LogP contribution in [0.3, 0.4) is 0 Å². The number of ether oxygens (including phenoxy) is 1. The molecule has 0 saturated carbocycles. The van der Waals surface area contributed by atoms with E-state index < -0.39 is 6.10 Å². The van der Waals surface area contributed by atoms with Gasteiger partial charge in [0.1, 0.15) is 18.5 Å². The number of hydrogen-bond acceptors (Lipinski definition) is 3. The number of rotatable bonds is 8. The van der Waals surface area contributed by atoms with Gasteiger partial charge >= 0.3 is 0 Å². The highest BCUT2D eigenvalue weighted by Crippen LogP contribution is 2.16. The van der Waals surface area contributed by atoms with E-state index in [2.05, 4.69) is 32.2 Å². The highest BCUT2D eigenvalue weighted by Gasteiger charge is 2.09. The summed E-state index contributed by atoms with van der Waals surface area (Å²) in [6.45, 7) is 11.5. The summed E-state index contributed by atoms with van der Waals surface area (Å²) in [5.74, 6) is 1.50. The molecule has 1 aromatic rings. The van der Waals surface area contributed by atoms with Gasteiger partial charge in [-0.25, -0.2) is 0 Å². The maximum Gasteiger partial charge on any atom is 0.119 e. The molecule has 0 heterocycles. The van der Waals surface area contributed by atoms with Crippen molar-refractivity contribution in [1.82, 2.24) is 5.32 Å². The molecule has 0 spiro atoms. The molecule has 0 bridgehead atoms. The second kappa shape index (κ2) is 8.28. The van der Waals surface area contributed by atoms with Crippen molar-refractivity contribution in [2.45, 2.75) is 53.2 Å². The second-order valence-corrected chi connectivity index (χ2v) is 6.23. The molecule has 0 aromatic heterocycles. The maximum absolute atomic E-state index is 9.94. The summed E-state index contributed by atoms with van der Waals surface area (Å²) in [4.78, 5) is 0. The van der Waals surface area contributed by atoms with Gasteiger partial charge in [-0.3, -0.25) is 0 Å². The monoisotopic (exact) mass is 279 g/mol. The minimum Gasteiger partial charge on any atom is -0.491 e. The van der Waals surface area contributed by atoms with Gasteiger partial charge in [-0.15, -0.1) is 0 Å². The first-order valence-electron chi connectivity index (χ1n) is 7.49. The Morgan fingerprint density at radius 3 is 2.25 bits per heavy atom. The van der Waals surface area contributed by atoms with Crippen molar-refractivity contribution in [1.29, 1.82) is 0 Å². The molecule has 3 nitrogen and oxygen atoms in total. The van der Waals surface area contributed by atoms with Crippen molar-refractivity contribution in [2.75, 3.05) is 13.2 Å². The van der Waals surface area contributed by atoms with Crippen LogP contribution in [0.4, 0.5) is 0 Å². The van der Waals surface area contributed by atoms with Gasteiger partial charge in [-0.2, -0.15) is 0 Å². The van der Waals surface area contributed by atoms with Crippen molar-refractivity contribution >= 4 is 0 Å². The molecule has 2 atom stereocenters. The first-order chi connectivity index (χ1) is 9.36. The lowest BCUT2D eigenvalue weighted by Gasteiger charge is -2.19. The van der Waals surface area contributed by atoms with E-state index in [0.717, 1.165) is 12.2 Å². The third-order valence-corrected chi connectivity index (χ3v) is 3.16. The van der Waals surface area contributed by atoms with E-state index in [1.807, 2.05) is 26.0 Å². The van der Waals surface area contributed by atoms with E-state index in [0.29, 0.717) is 25.1 Å². The van der Waals surface area contributed by atoms with Crippen LogP contribution in [0.25, 0.3) is 0 Å². The summed E-state index contributed by atoms with van der Waals surface area (Å²) >= 11 is 0. The molecular weight excluding hydrogens is 250 g/mol. The highest BCUT2D eigenvalue weighted by atomic mass is 16.5. The summed E-state index contributed by atoms with van der Waals surface area (Å²) < 4.78 is 5.65. The van der Waals surface area contributed by atoms with Gasteiger partial charge in [-0.05, 0) is 56.4 Å². The maximum atomic E-state index is 9.94. The van der Waals surface area contributed by atoms with Crippen molar-refractivity contribution in [2.24, 2.45) is 5.92 Å². The van der Waals surface area contributed by atoms with Crippen molar-refractivity contribution < 1.29 is 9.84 Å². The van der Waals surface area contributed by atoms with Gasteiger partial charge in [0, 0.05) is 12.6 Å². The molecule has 3 heteroatoms. The van der Waals surface area contributed by atoms with Gasteiger partial charge in [0.25, 0.3) is 0 Å². The lowest BCUT2D eigenvalue weighted by atomic mass is 10.1. The van der Waals surface area contributed by atoms with Crippen LogP contribution in [-0.4, -0.2) is 30.4 Å². The Labute approximate surface area is 123 Å². The van der Waals surface area contributed by atoms with Crippen LogP contribution < -0.4 is 10.1 Å². The predicted octanol–water partition coefficient (Wildman–Crippen LogP) is 3.07. The SMILES string of the molecule is Cc1cc(C)cc(OCC(O)CNC(C)CC(C)C)c1. The van der Waals surface area contributed by atoms with Crippen LogP contribution in [0.15, 0.2) is 18.2 Å². The Hall–Kier alpha value is -1.06. The molecule has 0 saturated heterocycles. The van der Waals surface area contributed by atoms with Crippen LogP contribution in [-0.2, 0) is 0 Å². The third kappa shape index (κ3) is 6.92. The van der Waals surface area contributed by atoms with Gasteiger partial charge in [0.05, 0.1) is 0 Å². The van der Waals surface area contributed by atoms with E-state index >= 15 is 0 Å². The molecule has 114 valence electrons. The number of nitrogens with one attached hydrogen (secondary N) is 1. The molecule has 0 aliphatic carbocycles. The normalized spacial score (nSPS) is 14.3. The summed E-state index contributed by atoms with van der Waals surface area (Å²) in [6.07, 6.45) is 0.635. The van der Waals surface area contributed by atoms with Crippen LogP contribution in [0, 0.1) is 19.8 Å². The highest BCUT2D eigenvalue weighted by molar-refractivity contribution is 5.32. The number of aliphatic hydroxyl groups excluding tert-OH is 1. The fourth-order valence-electron chi connectivity index (χ4n) is 2.40. The first kappa shape index (κ1) is 17.0. The molecule has 2 N–H and O–H groups in total. The fraction of sp³-hybridized carbons (Fsp3) is 0.647. The van der Waals surface area contributed by atoms with Crippen molar-refractivity contribution in [3.63, 3.8) is 0 Å². The van der Waals surface area contributed by atoms with Crippen LogP contribution >= 0.6 is 0 Å². The van der Waals surface area contributed by atoms with Crippen molar-refractivity contribution in [3.8, 4) is 5.75 Å². The van der Waals surface area contributed by atoms with E-state index in [1.165, 1.54) is 11.1 Å². The van der Waals surface area contributed by atoms with E-state index in [-0.39, 0.29) is 0 Å². The smallest absolute Gasteiger partial charge is 0.119 e. The van der Waals surface area contributed by atoms with Crippen LogP contribution in [0.2, 0.25) is 0 Å². The lowest BCUT2D eigenvalue weighted by molar-refractivity contribution is 0.103. The first-order valence-corrected chi connectivity index (χ1v) is 7.49. The Morgan fingerprint density at radius 1 is 1.10 bits per heavy atom. The van der Waals surface area contributed by atoms with Crippen LogP contribution in [0.1, 0.15) is 38.3 Å². The molecule has 20 heavy (non-hydrogen) atoms. The Morgan fingerprint density at radius 2 is 1.70 bits per heavy atom. The average Bonchev–Trinajstić information content (AvgIpc) is 2.32. The molecular formula is C17H29NO2. The summed E-state index contributed by atoms with van der Waals surface area (Å²) in [5, 5.41) is 13.3. The Balaban J connectivity index is 2.30. The Kier molecular flexibility index (Phi) is 7.03. The minimum atomic E-state index is -0.481. The second-order valence-electron chi connectivity index (χ2n) is 6.23. The summed E-state index contributed by atoms with van der Waals surface area (Å²) in [6, 6.07) is 6.52. The number of aliphatic hydroxyl groups is 1. The molecule has 2 unspecified atom stereocenters. The van der Waals surface area contributed by atoms with Crippen LogP contribution in [0.5, 0.6) is 5.75 Å². The van der Waals surface area contributed by atoms with Gasteiger partial charge in [0.15, 0.2) is 0 Å². The zero-order chi connectivity index (χ0) is 15.1. The summed E-state index contributed by atoms with van der Waals surface area (Å²) in [7, 11) is 0. The number of hydrogen-bond donors (Lipinski definition) is 2. The molecule has 0 amide bonds. The van der Waals surface area contributed by atoms with Crippen molar-refractivity contribution in [3.05, 3.63) is 29.3 Å². The largest absolute Gasteiger partial charge is 0.491 e. The third-order valence-electron chi connectivity index (χ3n) is 3.16. The standard InChI is InChI=1S/C17H29NO2/c1-12(2)6-15(5)18-10-16(19)11-20-17-8-13(3)7-14(4)9-17/h7-9,12,15-16,18-19H,6,10-11H2,1-5H3. The lowest BCUT2D eigenvalue weighted by Crippen LogP contribution is -2.37.